The zero-order valence-corrected chi connectivity index (χ0v) is 12.0. The Morgan fingerprint density at radius 3 is 2.45 bits per heavy atom. The summed E-state index contributed by atoms with van der Waals surface area (Å²) >= 11 is 0. The molecule has 4 heteroatoms. The van der Waals surface area contributed by atoms with Crippen molar-refractivity contribution in [2.45, 2.75) is 44.1 Å². The molecule has 2 aliphatic rings. The molecule has 0 aromatic heterocycles. The van der Waals surface area contributed by atoms with E-state index in [1.54, 1.807) is 18.2 Å². The maximum atomic E-state index is 11.0. The molecule has 1 aliphatic carbocycles. The van der Waals surface area contributed by atoms with Gasteiger partial charge in [-0.3, -0.25) is 4.79 Å². The largest absolute Gasteiger partial charge is 0.349 e. The van der Waals surface area contributed by atoms with E-state index in [0.717, 1.165) is 25.9 Å². The Hall–Kier alpha value is -1.23. The van der Waals surface area contributed by atoms with Crippen LogP contribution in [0.25, 0.3) is 0 Å². The van der Waals surface area contributed by atoms with Gasteiger partial charge < -0.3 is 15.2 Å². The van der Waals surface area contributed by atoms with Crippen LogP contribution < -0.4 is 5.73 Å². The number of carbonyl (C=O) groups is 1. The second kappa shape index (κ2) is 8.84. The van der Waals surface area contributed by atoms with Crippen molar-refractivity contribution in [1.29, 1.82) is 0 Å². The molecule has 0 radical (unpaired) electrons. The molecule has 0 aromatic carbocycles. The van der Waals surface area contributed by atoms with Gasteiger partial charge in [0.25, 0.3) is 0 Å². The van der Waals surface area contributed by atoms with Gasteiger partial charge in [0, 0.05) is 12.8 Å². The van der Waals surface area contributed by atoms with Crippen LogP contribution in [-0.2, 0) is 14.3 Å². The highest BCUT2D eigenvalue weighted by atomic mass is 16.7. The highest BCUT2D eigenvalue weighted by Gasteiger charge is 2.25. The van der Waals surface area contributed by atoms with Crippen LogP contribution in [0.3, 0.4) is 0 Å². The van der Waals surface area contributed by atoms with Gasteiger partial charge in [-0.05, 0) is 24.8 Å². The van der Waals surface area contributed by atoms with Crippen LogP contribution in [0.15, 0.2) is 38.0 Å². The summed E-state index contributed by atoms with van der Waals surface area (Å²) in [6.07, 6.45) is 8.68. The van der Waals surface area contributed by atoms with Crippen molar-refractivity contribution in [3.8, 4) is 0 Å². The number of hydrogen-bond acceptors (Lipinski definition) is 4. The molecule has 0 amide bonds. The van der Waals surface area contributed by atoms with Crippen LogP contribution in [0, 0.1) is 5.92 Å². The van der Waals surface area contributed by atoms with Crippen LogP contribution in [-0.4, -0.2) is 30.8 Å². The molecule has 2 fully saturated rings. The van der Waals surface area contributed by atoms with Crippen molar-refractivity contribution in [3.63, 3.8) is 0 Å². The third kappa shape index (κ3) is 5.04. The smallest absolute Gasteiger partial charge is 0.177 e. The Bertz CT molecular complexity index is 340. The number of rotatable bonds is 3. The lowest BCUT2D eigenvalue weighted by Crippen LogP contribution is -2.40. The minimum Gasteiger partial charge on any atom is -0.349 e. The van der Waals surface area contributed by atoms with Gasteiger partial charge in [-0.1, -0.05) is 18.7 Å². The van der Waals surface area contributed by atoms with Gasteiger partial charge in [-0.15, -0.1) is 13.2 Å². The highest BCUT2D eigenvalue weighted by Crippen LogP contribution is 2.20. The molecule has 4 atom stereocenters. The fourth-order valence-electron chi connectivity index (χ4n) is 2.24. The number of nitrogens with two attached hydrogens (primary N) is 1. The topological polar surface area (TPSA) is 61.6 Å². The van der Waals surface area contributed by atoms with Gasteiger partial charge in [0.05, 0.1) is 18.8 Å². The van der Waals surface area contributed by atoms with Gasteiger partial charge in [0.2, 0.25) is 0 Å². The minimum absolute atomic E-state index is 0.136. The Morgan fingerprint density at radius 1 is 1.15 bits per heavy atom. The van der Waals surface area contributed by atoms with Gasteiger partial charge >= 0.3 is 0 Å². The summed E-state index contributed by atoms with van der Waals surface area (Å²) in [5, 5.41) is 0. The first-order valence-corrected chi connectivity index (χ1v) is 7.05. The number of carbonyl (C=O) groups excluding carboxylic acids is 1. The van der Waals surface area contributed by atoms with E-state index in [0.29, 0.717) is 6.42 Å². The number of hydrogen-bond donors (Lipinski definition) is 1. The van der Waals surface area contributed by atoms with Crippen LogP contribution in [0.5, 0.6) is 0 Å². The standard InChI is InChI=1S/C8H13NO.C8H12O2/c1-2-6-4-3-5-7(10)8(6)9;1-3-7-5-6-9-8(4-2)10-7/h2,6,8H,1,3-5,9H2;3-4,7-8H,1-2,5-6H2. The minimum atomic E-state index is -0.272. The molecule has 1 heterocycles. The van der Waals surface area contributed by atoms with Crippen LogP contribution in [0.2, 0.25) is 0 Å². The van der Waals surface area contributed by atoms with Gasteiger partial charge in [0.15, 0.2) is 6.29 Å². The molecule has 20 heavy (non-hydrogen) atoms. The van der Waals surface area contributed by atoms with Crippen molar-refractivity contribution in [2.75, 3.05) is 6.61 Å². The second-order valence-corrected chi connectivity index (χ2v) is 4.96. The van der Waals surface area contributed by atoms with E-state index in [2.05, 4.69) is 19.7 Å². The van der Waals surface area contributed by atoms with Crippen LogP contribution in [0.1, 0.15) is 25.7 Å². The molecular formula is C16H25NO3. The number of ketones is 1. The van der Waals surface area contributed by atoms with Crippen molar-refractivity contribution < 1.29 is 14.3 Å². The summed E-state index contributed by atoms with van der Waals surface area (Å²) in [6.45, 7) is 11.6. The normalized spacial score (nSPS) is 33.5. The first kappa shape index (κ1) is 16.8. The Morgan fingerprint density at radius 2 is 1.90 bits per heavy atom. The number of Topliss-reactive ketones (excluding diaryl/α,β-unsaturated/α-hetero) is 1. The fourth-order valence-corrected chi connectivity index (χ4v) is 2.24. The van der Waals surface area contributed by atoms with Gasteiger partial charge in [0.1, 0.15) is 5.78 Å². The molecule has 4 nitrogen and oxygen atoms in total. The third-order valence-electron chi connectivity index (χ3n) is 3.55. The molecular weight excluding hydrogens is 254 g/mol. The fraction of sp³-hybridized carbons (Fsp3) is 0.562. The maximum Gasteiger partial charge on any atom is 0.177 e. The Balaban J connectivity index is 0.000000200. The monoisotopic (exact) mass is 279 g/mol. The summed E-state index contributed by atoms with van der Waals surface area (Å²) in [5.74, 6) is 0.414. The SMILES string of the molecule is C=CC1CCCC(=O)C1N.C=CC1CCOC(C=C)O1. The molecule has 2 rings (SSSR count). The van der Waals surface area contributed by atoms with E-state index in [9.17, 15) is 4.79 Å². The van der Waals surface area contributed by atoms with Crippen molar-refractivity contribution >= 4 is 5.78 Å². The maximum absolute atomic E-state index is 11.0. The van der Waals surface area contributed by atoms with Crippen LogP contribution >= 0.6 is 0 Å². The molecule has 0 spiro atoms. The summed E-state index contributed by atoms with van der Waals surface area (Å²) in [6, 6.07) is -0.272. The molecule has 1 saturated heterocycles. The third-order valence-corrected chi connectivity index (χ3v) is 3.55. The lowest BCUT2D eigenvalue weighted by Gasteiger charge is -2.25. The second-order valence-electron chi connectivity index (χ2n) is 4.96. The van der Waals surface area contributed by atoms with Crippen molar-refractivity contribution in [1.82, 2.24) is 0 Å². The van der Waals surface area contributed by atoms with E-state index in [-0.39, 0.29) is 30.1 Å². The molecule has 0 bridgehead atoms. The zero-order chi connectivity index (χ0) is 15.0. The molecule has 112 valence electrons. The quantitative estimate of drug-likeness (QED) is 0.806. The Kier molecular flexibility index (Phi) is 7.44. The lowest BCUT2D eigenvalue weighted by molar-refractivity contribution is -0.172. The predicted octanol–water partition coefficient (Wildman–Crippen LogP) is 2.36. The van der Waals surface area contributed by atoms with Crippen LogP contribution in [0.4, 0.5) is 0 Å². The summed E-state index contributed by atoms with van der Waals surface area (Å²) in [7, 11) is 0. The average molecular weight is 279 g/mol. The summed E-state index contributed by atoms with van der Waals surface area (Å²) in [4.78, 5) is 11.0. The van der Waals surface area contributed by atoms with Gasteiger partial charge in [-0.2, -0.15) is 0 Å². The van der Waals surface area contributed by atoms with Crippen molar-refractivity contribution in [2.24, 2.45) is 11.7 Å². The molecule has 1 saturated carbocycles. The summed E-state index contributed by atoms with van der Waals surface area (Å²) in [5.41, 5.74) is 5.61. The zero-order valence-electron chi connectivity index (χ0n) is 12.0. The van der Waals surface area contributed by atoms with E-state index in [4.69, 9.17) is 15.2 Å². The predicted molar refractivity (Wildman–Crippen MR) is 80.1 cm³/mol. The van der Waals surface area contributed by atoms with E-state index >= 15 is 0 Å². The first-order chi connectivity index (χ1) is 9.62. The molecule has 0 aromatic rings. The summed E-state index contributed by atoms with van der Waals surface area (Å²) < 4.78 is 10.5. The van der Waals surface area contributed by atoms with E-state index < -0.39 is 0 Å². The Labute approximate surface area is 121 Å². The molecule has 1 aliphatic heterocycles. The lowest BCUT2D eigenvalue weighted by atomic mass is 9.84. The molecule has 4 unspecified atom stereocenters. The van der Waals surface area contributed by atoms with E-state index in [1.165, 1.54) is 0 Å². The van der Waals surface area contributed by atoms with Crippen molar-refractivity contribution in [3.05, 3.63) is 38.0 Å². The average Bonchev–Trinajstić information content (AvgIpc) is 2.50. The highest BCUT2D eigenvalue weighted by molar-refractivity contribution is 5.85. The molecule has 2 N–H and O–H groups in total. The van der Waals surface area contributed by atoms with E-state index in [1.807, 2.05) is 0 Å². The number of ether oxygens (including phenoxy) is 2. The first-order valence-electron chi connectivity index (χ1n) is 7.05. The van der Waals surface area contributed by atoms with Gasteiger partial charge in [-0.25, -0.2) is 0 Å².